The molecule has 0 saturated heterocycles. The normalized spacial score (nSPS) is 10.5. The number of nitrogens with zero attached hydrogens (tertiary/aromatic N) is 3. The molecule has 2 heterocycles. The van der Waals surface area contributed by atoms with Gasteiger partial charge in [-0.25, -0.2) is 4.98 Å². The number of halogens is 1. The number of aliphatic hydroxyl groups excluding tert-OH is 1. The van der Waals surface area contributed by atoms with Crippen molar-refractivity contribution in [3.8, 4) is 5.75 Å². The second kappa shape index (κ2) is 5.16. The van der Waals surface area contributed by atoms with E-state index in [0.717, 1.165) is 5.82 Å². The van der Waals surface area contributed by atoms with Gasteiger partial charge in [-0.3, -0.25) is 4.98 Å². The first-order valence-corrected chi connectivity index (χ1v) is 5.43. The van der Waals surface area contributed by atoms with Gasteiger partial charge in [0.15, 0.2) is 0 Å². The van der Waals surface area contributed by atoms with Crippen LogP contribution in [0.4, 0.5) is 0 Å². The van der Waals surface area contributed by atoms with E-state index in [9.17, 15) is 0 Å². The largest absolute Gasteiger partial charge is 0.484 e. The summed E-state index contributed by atoms with van der Waals surface area (Å²) in [6.07, 6.45) is 3.14. The van der Waals surface area contributed by atoms with E-state index in [1.165, 1.54) is 0 Å². The van der Waals surface area contributed by atoms with E-state index in [0.29, 0.717) is 23.2 Å². The van der Waals surface area contributed by atoms with E-state index < -0.39 is 0 Å². The number of ether oxygens (including phenoxy) is 1. The van der Waals surface area contributed by atoms with Gasteiger partial charge in [0.25, 0.3) is 0 Å². The number of hydrogen-bond acceptors (Lipinski definition) is 4. The summed E-state index contributed by atoms with van der Waals surface area (Å²) in [5.41, 5.74) is 0.609. The van der Waals surface area contributed by atoms with Gasteiger partial charge >= 0.3 is 0 Å². The molecule has 2 rings (SSSR count). The Kier molecular flexibility index (Phi) is 3.61. The van der Waals surface area contributed by atoms with Crippen molar-refractivity contribution < 1.29 is 9.84 Å². The first-order chi connectivity index (χ1) is 8.20. The number of imidazole rings is 1. The monoisotopic (exact) mass is 253 g/mol. The Hall–Kier alpha value is -1.59. The average Bonchev–Trinajstić information content (AvgIpc) is 2.68. The van der Waals surface area contributed by atoms with E-state index in [-0.39, 0.29) is 6.61 Å². The molecule has 17 heavy (non-hydrogen) atoms. The van der Waals surface area contributed by atoms with Gasteiger partial charge < -0.3 is 14.4 Å². The quantitative estimate of drug-likeness (QED) is 0.898. The van der Waals surface area contributed by atoms with Crippen LogP contribution in [0.1, 0.15) is 11.5 Å². The highest BCUT2D eigenvalue weighted by molar-refractivity contribution is 6.29. The molecule has 0 aliphatic rings. The Bertz CT molecular complexity index is 496. The first kappa shape index (κ1) is 11.9. The van der Waals surface area contributed by atoms with Crippen molar-refractivity contribution in [1.29, 1.82) is 0 Å². The van der Waals surface area contributed by atoms with Crippen molar-refractivity contribution in [3.63, 3.8) is 0 Å². The van der Waals surface area contributed by atoms with Crippen molar-refractivity contribution in [3.05, 3.63) is 41.2 Å². The minimum absolute atomic E-state index is 0.0742. The van der Waals surface area contributed by atoms with Crippen LogP contribution in [0.25, 0.3) is 0 Å². The van der Waals surface area contributed by atoms with Crippen molar-refractivity contribution >= 4 is 11.6 Å². The van der Waals surface area contributed by atoms with Gasteiger partial charge in [0.05, 0.1) is 24.7 Å². The lowest BCUT2D eigenvalue weighted by molar-refractivity contribution is 0.273. The van der Waals surface area contributed by atoms with Crippen LogP contribution in [-0.2, 0) is 20.3 Å². The topological polar surface area (TPSA) is 60.2 Å². The molecular formula is C11H12ClN3O2. The molecule has 0 saturated carbocycles. The molecule has 0 radical (unpaired) electrons. The first-order valence-electron chi connectivity index (χ1n) is 5.05. The van der Waals surface area contributed by atoms with Crippen molar-refractivity contribution in [1.82, 2.24) is 14.5 Å². The summed E-state index contributed by atoms with van der Waals surface area (Å²) in [5.74, 6) is 1.36. The van der Waals surface area contributed by atoms with E-state index in [2.05, 4.69) is 9.97 Å². The summed E-state index contributed by atoms with van der Waals surface area (Å²) in [5, 5.41) is 9.41. The van der Waals surface area contributed by atoms with E-state index in [1.807, 2.05) is 7.05 Å². The predicted octanol–water partition coefficient (Wildman–Crippen LogP) is 1.54. The molecule has 0 spiro atoms. The van der Waals surface area contributed by atoms with Crippen molar-refractivity contribution in [2.45, 2.75) is 13.2 Å². The summed E-state index contributed by atoms with van der Waals surface area (Å²) >= 11 is 5.86. The van der Waals surface area contributed by atoms with Crippen LogP contribution < -0.4 is 4.74 Å². The highest BCUT2D eigenvalue weighted by Crippen LogP contribution is 2.13. The van der Waals surface area contributed by atoms with Crippen LogP contribution in [-0.4, -0.2) is 19.6 Å². The summed E-state index contributed by atoms with van der Waals surface area (Å²) in [6, 6.07) is 3.46. The minimum atomic E-state index is -0.0742. The molecule has 0 bridgehead atoms. The molecule has 90 valence electrons. The Labute approximate surface area is 104 Å². The van der Waals surface area contributed by atoms with Crippen molar-refractivity contribution in [2.75, 3.05) is 0 Å². The SMILES string of the molecule is Cn1c(Cl)cnc1COc1ccc(CO)nc1. The molecule has 6 heteroatoms. The second-order valence-corrected chi connectivity index (χ2v) is 3.88. The smallest absolute Gasteiger partial charge is 0.147 e. The molecule has 0 aliphatic heterocycles. The van der Waals surface area contributed by atoms with E-state index >= 15 is 0 Å². The summed E-state index contributed by atoms with van der Waals surface area (Å²) < 4.78 is 7.25. The zero-order valence-electron chi connectivity index (χ0n) is 9.30. The third-order valence-corrected chi connectivity index (χ3v) is 2.71. The van der Waals surface area contributed by atoms with E-state index in [1.54, 1.807) is 29.1 Å². The fraction of sp³-hybridized carbons (Fsp3) is 0.273. The van der Waals surface area contributed by atoms with Crippen LogP contribution in [0.3, 0.4) is 0 Å². The van der Waals surface area contributed by atoms with Crippen LogP contribution in [0.5, 0.6) is 5.75 Å². The van der Waals surface area contributed by atoms with Crippen LogP contribution >= 0.6 is 11.6 Å². The Morgan fingerprint density at radius 2 is 2.18 bits per heavy atom. The lowest BCUT2D eigenvalue weighted by Crippen LogP contribution is -2.04. The van der Waals surface area contributed by atoms with Gasteiger partial charge in [-0.15, -0.1) is 0 Å². The third kappa shape index (κ3) is 2.75. The summed E-state index contributed by atoms with van der Waals surface area (Å²) in [7, 11) is 1.82. The highest BCUT2D eigenvalue weighted by atomic mass is 35.5. The summed E-state index contributed by atoms with van der Waals surface area (Å²) in [4.78, 5) is 8.12. The lowest BCUT2D eigenvalue weighted by Gasteiger charge is -2.06. The molecule has 2 aromatic rings. The maximum atomic E-state index is 8.84. The van der Waals surface area contributed by atoms with Gasteiger partial charge in [-0.05, 0) is 12.1 Å². The van der Waals surface area contributed by atoms with Gasteiger partial charge in [-0.1, -0.05) is 11.6 Å². The van der Waals surface area contributed by atoms with Gasteiger partial charge in [0.1, 0.15) is 23.3 Å². The maximum Gasteiger partial charge on any atom is 0.147 e. The lowest BCUT2D eigenvalue weighted by atomic mass is 10.3. The zero-order chi connectivity index (χ0) is 12.3. The Morgan fingerprint density at radius 1 is 1.35 bits per heavy atom. The second-order valence-electron chi connectivity index (χ2n) is 3.49. The minimum Gasteiger partial charge on any atom is -0.484 e. The van der Waals surface area contributed by atoms with E-state index in [4.69, 9.17) is 21.4 Å². The van der Waals surface area contributed by atoms with Gasteiger partial charge in [0, 0.05) is 7.05 Å². The van der Waals surface area contributed by atoms with Crippen LogP contribution in [0, 0.1) is 0 Å². The molecule has 0 amide bonds. The molecule has 0 atom stereocenters. The van der Waals surface area contributed by atoms with Gasteiger partial charge in [-0.2, -0.15) is 0 Å². The molecule has 0 fully saturated rings. The molecule has 0 aromatic carbocycles. The number of aliphatic hydroxyl groups is 1. The van der Waals surface area contributed by atoms with Crippen LogP contribution in [0.2, 0.25) is 5.15 Å². The number of hydrogen-bond donors (Lipinski definition) is 1. The van der Waals surface area contributed by atoms with Crippen LogP contribution in [0.15, 0.2) is 24.5 Å². The van der Waals surface area contributed by atoms with Gasteiger partial charge in [0.2, 0.25) is 0 Å². The Morgan fingerprint density at radius 3 is 2.71 bits per heavy atom. The maximum absolute atomic E-state index is 8.84. The molecule has 2 aromatic heterocycles. The Balaban J connectivity index is 2.00. The molecule has 5 nitrogen and oxygen atoms in total. The zero-order valence-corrected chi connectivity index (χ0v) is 10.1. The highest BCUT2D eigenvalue weighted by Gasteiger charge is 2.05. The number of rotatable bonds is 4. The average molecular weight is 254 g/mol. The van der Waals surface area contributed by atoms with Crippen molar-refractivity contribution in [2.24, 2.45) is 7.05 Å². The standard InChI is InChI=1S/C11H12ClN3O2/c1-15-10(12)5-14-11(15)7-17-9-3-2-8(6-16)13-4-9/h2-5,16H,6-7H2,1H3. The fourth-order valence-corrected chi connectivity index (χ4v) is 1.44. The summed E-state index contributed by atoms with van der Waals surface area (Å²) in [6.45, 7) is 0.249. The number of pyridine rings is 1. The molecule has 0 aliphatic carbocycles. The molecule has 1 N–H and O–H groups in total. The predicted molar refractivity (Wildman–Crippen MR) is 62.7 cm³/mol. The molecular weight excluding hydrogens is 242 g/mol. The number of aromatic nitrogens is 3. The molecule has 0 unspecified atom stereocenters. The fourth-order valence-electron chi connectivity index (χ4n) is 1.30. The third-order valence-electron chi connectivity index (χ3n) is 2.36.